The number of carbonyl (C=O) groups excluding carboxylic acids is 2. The van der Waals surface area contributed by atoms with Crippen LogP contribution in [0, 0.1) is 0 Å². The van der Waals surface area contributed by atoms with Gasteiger partial charge in [-0.3, -0.25) is 9.59 Å². The lowest BCUT2D eigenvalue weighted by atomic mass is 10.1. The van der Waals surface area contributed by atoms with Crippen LogP contribution in [0.2, 0.25) is 0 Å². The number of phenolic OH excluding ortho intramolecular Hbond substituents is 1. The number of hydrogen-bond donors (Lipinski definition) is 3. The molecule has 2 atom stereocenters. The summed E-state index contributed by atoms with van der Waals surface area (Å²) in [5.74, 6) is -0.0729. The maximum absolute atomic E-state index is 12.8. The van der Waals surface area contributed by atoms with E-state index in [9.17, 15) is 14.7 Å². The molecule has 0 radical (unpaired) electrons. The van der Waals surface area contributed by atoms with Gasteiger partial charge in [0.25, 0.3) is 0 Å². The van der Waals surface area contributed by atoms with Crippen LogP contribution in [0.1, 0.15) is 24.0 Å². The van der Waals surface area contributed by atoms with Crippen molar-refractivity contribution >= 4 is 11.8 Å². The number of nitrogens with one attached hydrogen (secondary N) is 1. The number of carbonyl (C=O) groups is 2. The summed E-state index contributed by atoms with van der Waals surface area (Å²) in [6.07, 6.45) is 2.60. The van der Waals surface area contributed by atoms with Crippen LogP contribution in [-0.2, 0) is 22.4 Å². The van der Waals surface area contributed by atoms with Crippen molar-refractivity contribution in [1.29, 1.82) is 0 Å². The Hall–Kier alpha value is -2.86. The normalized spacial score (nSPS) is 17.3. The molecule has 6 heteroatoms. The summed E-state index contributed by atoms with van der Waals surface area (Å²) in [6.45, 7) is 1.05. The minimum atomic E-state index is -0.646. The van der Waals surface area contributed by atoms with Gasteiger partial charge in [-0.25, -0.2) is 0 Å². The van der Waals surface area contributed by atoms with Crippen molar-refractivity contribution in [2.24, 2.45) is 5.73 Å². The standard InChI is InChI=1S/C22H27N3O3/c23-19(15-17-5-2-1-3-6-17)22(28)25-14-4-7-20(25)21(27)24-13-12-16-8-10-18(26)11-9-16/h1-3,5-6,8-11,19-20,26H,4,7,12-15,23H2,(H,24,27)/t19-,20-/m0/s1. The fourth-order valence-corrected chi connectivity index (χ4v) is 3.58. The Morgan fingerprint density at radius 3 is 2.54 bits per heavy atom. The second kappa shape index (κ2) is 9.37. The Labute approximate surface area is 165 Å². The number of aromatic hydroxyl groups is 1. The third-order valence-electron chi connectivity index (χ3n) is 5.10. The van der Waals surface area contributed by atoms with Crippen LogP contribution in [-0.4, -0.2) is 47.0 Å². The van der Waals surface area contributed by atoms with Gasteiger partial charge < -0.3 is 21.1 Å². The minimum Gasteiger partial charge on any atom is -0.508 e. The largest absolute Gasteiger partial charge is 0.508 e. The molecule has 2 aromatic rings. The van der Waals surface area contributed by atoms with E-state index in [0.717, 1.165) is 17.5 Å². The highest BCUT2D eigenvalue weighted by Gasteiger charge is 2.35. The molecule has 2 aromatic carbocycles. The number of benzene rings is 2. The minimum absolute atomic E-state index is 0.128. The number of phenols is 1. The molecule has 1 aliphatic rings. The molecule has 148 valence electrons. The highest BCUT2D eigenvalue weighted by Crippen LogP contribution is 2.19. The summed E-state index contributed by atoms with van der Waals surface area (Å²) in [7, 11) is 0. The third kappa shape index (κ3) is 5.10. The van der Waals surface area contributed by atoms with Crippen molar-refractivity contribution in [3.05, 3.63) is 65.7 Å². The van der Waals surface area contributed by atoms with E-state index in [0.29, 0.717) is 32.4 Å². The predicted molar refractivity (Wildman–Crippen MR) is 108 cm³/mol. The molecule has 0 bridgehead atoms. The van der Waals surface area contributed by atoms with E-state index in [4.69, 9.17) is 5.73 Å². The highest BCUT2D eigenvalue weighted by atomic mass is 16.3. The van der Waals surface area contributed by atoms with Gasteiger partial charge in [0.15, 0.2) is 0 Å². The monoisotopic (exact) mass is 381 g/mol. The van der Waals surface area contributed by atoms with Crippen LogP contribution in [0.3, 0.4) is 0 Å². The van der Waals surface area contributed by atoms with Gasteiger partial charge in [0, 0.05) is 13.1 Å². The molecule has 1 heterocycles. The molecule has 0 aliphatic carbocycles. The van der Waals surface area contributed by atoms with Crippen molar-refractivity contribution in [2.75, 3.05) is 13.1 Å². The van der Waals surface area contributed by atoms with Gasteiger partial charge in [0.05, 0.1) is 6.04 Å². The fourth-order valence-electron chi connectivity index (χ4n) is 3.58. The first-order valence-electron chi connectivity index (χ1n) is 9.70. The fraction of sp³-hybridized carbons (Fsp3) is 0.364. The molecule has 0 unspecified atom stereocenters. The smallest absolute Gasteiger partial charge is 0.242 e. The Bertz CT molecular complexity index is 792. The average Bonchev–Trinajstić information content (AvgIpc) is 3.19. The number of hydrogen-bond acceptors (Lipinski definition) is 4. The maximum Gasteiger partial charge on any atom is 0.242 e. The molecule has 0 spiro atoms. The van der Waals surface area contributed by atoms with Crippen LogP contribution in [0.15, 0.2) is 54.6 Å². The average molecular weight is 381 g/mol. The topological polar surface area (TPSA) is 95.7 Å². The van der Waals surface area contributed by atoms with Crippen LogP contribution in [0.25, 0.3) is 0 Å². The van der Waals surface area contributed by atoms with Crippen LogP contribution >= 0.6 is 0 Å². The lowest BCUT2D eigenvalue weighted by Crippen LogP contribution is -2.52. The van der Waals surface area contributed by atoms with E-state index in [1.54, 1.807) is 17.0 Å². The van der Waals surface area contributed by atoms with Crippen LogP contribution in [0.5, 0.6) is 5.75 Å². The molecular formula is C22H27N3O3. The first-order chi connectivity index (χ1) is 13.5. The Kier molecular flexibility index (Phi) is 6.66. The molecule has 0 aromatic heterocycles. The van der Waals surface area contributed by atoms with Crippen LogP contribution < -0.4 is 11.1 Å². The summed E-state index contributed by atoms with van der Waals surface area (Å²) in [5, 5.41) is 12.2. The van der Waals surface area contributed by atoms with Gasteiger partial charge in [-0.2, -0.15) is 0 Å². The third-order valence-corrected chi connectivity index (χ3v) is 5.10. The number of likely N-dealkylation sites (tertiary alicyclic amines) is 1. The molecule has 4 N–H and O–H groups in total. The second-order valence-corrected chi connectivity index (χ2v) is 7.19. The van der Waals surface area contributed by atoms with Gasteiger partial charge in [-0.15, -0.1) is 0 Å². The van der Waals surface area contributed by atoms with Crippen molar-refractivity contribution in [2.45, 2.75) is 37.8 Å². The number of nitrogens with two attached hydrogens (primary N) is 1. The van der Waals surface area contributed by atoms with E-state index in [-0.39, 0.29) is 17.6 Å². The lowest BCUT2D eigenvalue weighted by Gasteiger charge is -2.26. The van der Waals surface area contributed by atoms with E-state index in [2.05, 4.69) is 5.32 Å². The van der Waals surface area contributed by atoms with Gasteiger partial charge >= 0.3 is 0 Å². The van der Waals surface area contributed by atoms with E-state index in [1.807, 2.05) is 42.5 Å². The molecular weight excluding hydrogens is 354 g/mol. The van der Waals surface area contributed by atoms with Gasteiger partial charge in [-0.05, 0) is 48.9 Å². The van der Waals surface area contributed by atoms with Crippen molar-refractivity contribution in [3.8, 4) is 5.75 Å². The molecule has 3 rings (SSSR count). The summed E-state index contributed by atoms with van der Waals surface area (Å²) < 4.78 is 0. The SMILES string of the molecule is N[C@@H](Cc1ccccc1)C(=O)N1CCC[C@H]1C(=O)NCCc1ccc(O)cc1. The first-order valence-corrected chi connectivity index (χ1v) is 9.70. The van der Waals surface area contributed by atoms with E-state index in [1.165, 1.54) is 0 Å². The second-order valence-electron chi connectivity index (χ2n) is 7.19. The van der Waals surface area contributed by atoms with Crippen molar-refractivity contribution in [1.82, 2.24) is 10.2 Å². The number of nitrogens with zero attached hydrogens (tertiary/aromatic N) is 1. The zero-order valence-electron chi connectivity index (χ0n) is 15.9. The van der Waals surface area contributed by atoms with E-state index >= 15 is 0 Å². The Morgan fingerprint density at radius 1 is 1.11 bits per heavy atom. The predicted octanol–water partition coefficient (Wildman–Crippen LogP) is 1.61. The summed E-state index contributed by atoms with van der Waals surface area (Å²) in [5.41, 5.74) is 8.18. The van der Waals surface area contributed by atoms with E-state index < -0.39 is 12.1 Å². The van der Waals surface area contributed by atoms with Gasteiger partial charge in [-0.1, -0.05) is 42.5 Å². The van der Waals surface area contributed by atoms with Crippen LogP contribution in [0.4, 0.5) is 0 Å². The summed E-state index contributed by atoms with van der Waals surface area (Å²) in [6, 6.07) is 15.5. The molecule has 1 fully saturated rings. The van der Waals surface area contributed by atoms with Gasteiger partial charge in [0.2, 0.25) is 11.8 Å². The first kappa shape index (κ1) is 19.9. The summed E-state index contributed by atoms with van der Waals surface area (Å²) in [4.78, 5) is 27.0. The lowest BCUT2D eigenvalue weighted by molar-refractivity contribution is -0.139. The quantitative estimate of drug-likeness (QED) is 0.679. The zero-order valence-corrected chi connectivity index (χ0v) is 15.9. The summed E-state index contributed by atoms with van der Waals surface area (Å²) >= 11 is 0. The van der Waals surface area contributed by atoms with Crippen molar-refractivity contribution in [3.63, 3.8) is 0 Å². The maximum atomic E-state index is 12.8. The number of rotatable bonds is 7. The molecule has 28 heavy (non-hydrogen) atoms. The van der Waals surface area contributed by atoms with Gasteiger partial charge in [0.1, 0.15) is 11.8 Å². The molecule has 1 saturated heterocycles. The molecule has 2 amide bonds. The highest BCUT2D eigenvalue weighted by molar-refractivity contribution is 5.90. The Morgan fingerprint density at radius 2 is 1.82 bits per heavy atom. The van der Waals surface area contributed by atoms with Crippen molar-refractivity contribution < 1.29 is 14.7 Å². The zero-order chi connectivity index (χ0) is 19.9. The molecule has 0 saturated carbocycles. The molecule has 1 aliphatic heterocycles. The Balaban J connectivity index is 1.51. The number of amides is 2. The molecule has 6 nitrogen and oxygen atoms in total.